The second-order valence-corrected chi connectivity index (χ2v) is 5.62. The van der Waals surface area contributed by atoms with E-state index < -0.39 is 0 Å². The van der Waals surface area contributed by atoms with Gasteiger partial charge in [0.2, 0.25) is 0 Å². The minimum Gasteiger partial charge on any atom is -0.492 e. The lowest BCUT2D eigenvalue weighted by Gasteiger charge is -2.07. The van der Waals surface area contributed by atoms with E-state index in [4.69, 9.17) is 4.74 Å². The molecule has 0 amide bonds. The zero-order chi connectivity index (χ0) is 14.5. The van der Waals surface area contributed by atoms with Gasteiger partial charge < -0.3 is 4.74 Å². The van der Waals surface area contributed by atoms with E-state index in [1.54, 1.807) is 0 Å². The number of pyridine rings is 1. The van der Waals surface area contributed by atoms with Crippen LogP contribution in [0.15, 0.2) is 18.3 Å². The van der Waals surface area contributed by atoms with E-state index in [2.05, 4.69) is 11.9 Å². The molecule has 0 bridgehead atoms. The van der Waals surface area contributed by atoms with Crippen molar-refractivity contribution in [3.63, 3.8) is 0 Å². The topological polar surface area (TPSA) is 22.1 Å². The van der Waals surface area contributed by atoms with Gasteiger partial charge in [-0.1, -0.05) is 64.7 Å². The second kappa shape index (κ2) is 11.7. The fraction of sp³-hybridized carbons (Fsp3) is 0.722. The van der Waals surface area contributed by atoms with Gasteiger partial charge in [-0.05, 0) is 25.5 Å². The monoisotopic (exact) mass is 277 g/mol. The Morgan fingerprint density at radius 1 is 0.900 bits per heavy atom. The Morgan fingerprint density at radius 2 is 1.50 bits per heavy atom. The molecule has 0 aliphatic carbocycles. The molecule has 114 valence electrons. The van der Waals surface area contributed by atoms with E-state index in [1.165, 1.54) is 57.8 Å². The zero-order valence-corrected chi connectivity index (χ0v) is 13.4. The Kier molecular flexibility index (Phi) is 9.99. The fourth-order valence-electron chi connectivity index (χ4n) is 2.39. The van der Waals surface area contributed by atoms with Gasteiger partial charge in [0, 0.05) is 6.20 Å². The maximum absolute atomic E-state index is 5.75. The summed E-state index contributed by atoms with van der Waals surface area (Å²) in [5, 5.41) is 0. The van der Waals surface area contributed by atoms with Crippen molar-refractivity contribution in [3.05, 3.63) is 24.0 Å². The standard InChI is InChI=1S/C18H31NO/c1-3-4-5-6-7-8-9-10-11-12-16-20-18-14-13-15-19-17(18)2/h13-15H,3-12,16H2,1-2H3. The van der Waals surface area contributed by atoms with Crippen molar-refractivity contribution in [2.45, 2.75) is 78.1 Å². The van der Waals surface area contributed by atoms with E-state index in [9.17, 15) is 0 Å². The number of ether oxygens (including phenoxy) is 1. The number of aryl methyl sites for hydroxylation is 1. The third kappa shape index (κ3) is 8.19. The van der Waals surface area contributed by atoms with Crippen molar-refractivity contribution in [2.24, 2.45) is 0 Å². The predicted molar refractivity (Wildman–Crippen MR) is 86.3 cm³/mol. The first-order chi connectivity index (χ1) is 9.84. The van der Waals surface area contributed by atoms with Gasteiger partial charge in [-0.2, -0.15) is 0 Å². The van der Waals surface area contributed by atoms with E-state index in [1.807, 2.05) is 25.3 Å². The molecule has 0 N–H and O–H groups in total. The Hall–Kier alpha value is -1.05. The lowest BCUT2D eigenvalue weighted by Crippen LogP contribution is -1.99. The van der Waals surface area contributed by atoms with Crippen LogP contribution in [0.1, 0.15) is 76.8 Å². The van der Waals surface area contributed by atoms with Crippen LogP contribution in [0.25, 0.3) is 0 Å². The molecule has 0 atom stereocenters. The van der Waals surface area contributed by atoms with Crippen LogP contribution < -0.4 is 4.74 Å². The molecule has 2 nitrogen and oxygen atoms in total. The van der Waals surface area contributed by atoms with Gasteiger partial charge in [0.15, 0.2) is 0 Å². The highest BCUT2D eigenvalue weighted by Crippen LogP contribution is 2.15. The average molecular weight is 277 g/mol. The second-order valence-electron chi connectivity index (χ2n) is 5.62. The fourth-order valence-corrected chi connectivity index (χ4v) is 2.39. The van der Waals surface area contributed by atoms with Crippen LogP contribution in [0.2, 0.25) is 0 Å². The molecule has 0 aromatic carbocycles. The number of rotatable bonds is 12. The van der Waals surface area contributed by atoms with Crippen molar-refractivity contribution in [3.8, 4) is 5.75 Å². The summed E-state index contributed by atoms with van der Waals surface area (Å²) in [5.74, 6) is 0.934. The number of aromatic nitrogens is 1. The van der Waals surface area contributed by atoms with E-state index in [0.29, 0.717) is 0 Å². The largest absolute Gasteiger partial charge is 0.492 e. The molecule has 0 aliphatic rings. The molecular weight excluding hydrogens is 246 g/mol. The highest BCUT2D eigenvalue weighted by molar-refractivity contribution is 5.25. The first-order valence-electron chi connectivity index (χ1n) is 8.39. The van der Waals surface area contributed by atoms with Crippen molar-refractivity contribution >= 4 is 0 Å². The van der Waals surface area contributed by atoms with E-state index in [-0.39, 0.29) is 0 Å². The Bertz CT molecular complexity index is 338. The molecule has 0 spiro atoms. The summed E-state index contributed by atoms with van der Waals surface area (Å²) in [7, 11) is 0. The molecular formula is C18H31NO. The van der Waals surface area contributed by atoms with Crippen LogP contribution in [0.4, 0.5) is 0 Å². The maximum atomic E-state index is 5.75. The van der Waals surface area contributed by atoms with Gasteiger partial charge in [-0.25, -0.2) is 0 Å². The highest BCUT2D eigenvalue weighted by atomic mass is 16.5. The average Bonchev–Trinajstić information content (AvgIpc) is 2.46. The van der Waals surface area contributed by atoms with Gasteiger partial charge in [0.1, 0.15) is 5.75 Å². The van der Waals surface area contributed by atoms with E-state index >= 15 is 0 Å². The van der Waals surface area contributed by atoms with Gasteiger partial charge in [-0.3, -0.25) is 4.98 Å². The Balaban J connectivity index is 1.87. The van der Waals surface area contributed by atoms with Crippen LogP contribution >= 0.6 is 0 Å². The van der Waals surface area contributed by atoms with Gasteiger partial charge in [0.05, 0.1) is 12.3 Å². The molecule has 0 fully saturated rings. The molecule has 2 heteroatoms. The molecule has 1 aromatic heterocycles. The predicted octanol–water partition coefficient (Wildman–Crippen LogP) is 5.69. The van der Waals surface area contributed by atoms with Crippen LogP contribution in [0, 0.1) is 6.92 Å². The van der Waals surface area contributed by atoms with Crippen molar-refractivity contribution in [1.82, 2.24) is 4.98 Å². The lowest BCUT2D eigenvalue weighted by atomic mass is 10.1. The molecule has 1 aromatic rings. The molecule has 0 saturated carbocycles. The van der Waals surface area contributed by atoms with Crippen molar-refractivity contribution in [1.29, 1.82) is 0 Å². The van der Waals surface area contributed by atoms with Crippen LogP contribution in [-0.2, 0) is 0 Å². The van der Waals surface area contributed by atoms with Gasteiger partial charge in [-0.15, -0.1) is 0 Å². The zero-order valence-electron chi connectivity index (χ0n) is 13.4. The van der Waals surface area contributed by atoms with Crippen LogP contribution in [0.5, 0.6) is 5.75 Å². The van der Waals surface area contributed by atoms with Crippen LogP contribution in [0.3, 0.4) is 0 Å². The summed E-state index contributed by atoms with van der Waals surface area (Å²) in [6.07, 6.45) is 15.4. The van der Waals surface area contributed by atoms with Gasteiger partial charge >= 0.3 is 0 Å². The summed E-state index contributed by atoms with van der Waals surface area (Å²) >= 11 is 0. The molecule has 20 heavy (non-hydrogen) atoms. The summed E-state index contributed by atoms with van der Waals surface area (Å²) in [5.41, 5.74) is 0.986. The first-order valence-corrected chi connectivity index (χ1v) is 8.39. The third-order valence-electron chi connectivity index (χ3n) is 3.71. The maximum Gasteiger partial charge on any atom is 0.140 e. The highest BCUT2D eigenvalue weighted by Gasteiger charge is 1.98. The number of hydrogen-bond donors (Lipinski definition) is 0. The molecule has 0 saturated heterocycles. The Morgan fingerprint density at radius 3 is 2.10 bits per heavy atom. The van der Waals surface area contributed by atoms with Gasteiger partial charge in [0.25, 0.3) is 0 Å². The molecule has 1 rings (SSSR count). The minimum atomic E-state index is 0.822. The molecule has 1 heterocycles. The van der Waals surface area contributed by atoms with Crippen LogP contribution in [-0.4, -0.2) is 11.6 Å². The third-order valence-corrected chi connectivity index (χ3v) is 3.71. The number of unbranched alkanes of at least 4 members (excludes halogenated alkanes) is 9. The summed E-state index contributed by atoms with van der Waals surface area (Å²) in [6.45, 7) is 5.09. The molecule has 0 aliphatic heterocycles. The molecule has 0 radical (unpaired) electrons. The van der Waals surface area contributed by atoms with E-state index in [0.717, 1.165) is 24.5 Å². The summed E-state index contributed by atoms with van der Waals surface area (Å²) in [4.78, 5) is 4.22. The normalized spacial score (nSPS) is 10.7. The quantitative estimate of drug-likeness (QED) is 0.458. The van der Waals surface area contributed by atoms with Crippen molar-refractivity contribution < 1.29 is 4.74 Å². The first kappa shape index (κ1) is 17.0. The number of nitrogens with zero attached hydrogens (tertiary/aromatic N) is 1. The SMILES string of the molecule is CCCCCCCCCCCCOc1cccnc1C. The smallest absolute Gasteiger partial charge is 0.140 e. The Labute approximate surface area is 125 Å². The summed E-state index contributed by atoms with van der Waals surface area (Å²) < 4.78 is 5.75. The molecule has 0 unspecified atom stereocenters. The lowest BCUT2D eigenvalue weighted by molar-refractivity contribution is 0.301. The number of hydrogen-bond acceptors (Lipinski definition) is 2. The summed E-state index contributed by atoms with van der Waals surface area (Å²) in [6, 6.07) is 3.93. The van der Waals surface area contributed by atoms with Crippen molar-refractivity contribution in [2.75, 3.05) is 6.61 Å². The minimum absolute atomic E-state index is 0.822.